The number of imide groups is 1. The van der Waals surface area contributed by atoms with Gasteiger partial charge >= 0.3 is 6.03 Å². The molecule has 0 saturated carbocycles. The van der Waals surface area contributed by atoms with Crippen LogP contribution < -0.4 is 5.32 Å². The number of benzene rings is 1. The molecule has 1 aromatic rings. The van der Waals surface area contributed by atoms with Crippen molar-refractivity contribution in [2.45, 2.75) is 25.3 Å². The average molecular weight is 337 g/mol. The minimum atomic E-state index is -1.53. The highest BCUT2D eigenvalue weighted by atomic mass is 19.2. The molecule has 3 rings (SSSR count). The summed E-state index contributed by atoms with van der Waals surface area (Å²) in [5.74, 6) is -3.11. The average Bonchev–Trinajstić information content (AvgIpc) is 3.14. The zero-order valence-electron chi connectivity index (χ0n) is 13.1. The SMILES string of the molecule is C[C@]1(c2ccc(F)c(F)c2)NC(=O)N(CC(=O)N2CCCC2)C1=O. The molecule has 2 aliphatic rings. The summed E-state index contributed by atoms with van der Waals surface area (Å²) in [6.07, 6.45) is 1.80. The molecule has 0 bridgehead atoms. The lowest BCUT2D eigenvalue weighted by molar-refractivity contribution is -0.138. The Morgan fingerprint density at radius 1 is 1.21 bits per heavy atom. The second-order valence-electron chi connectivity index (χ2n) is 6.16. The Bertz CT molecular complexity index is 719. The number of nitrogens with one attached hydrogen (secondary N) is 1. The van der Waals surface area contributed by atoms with E-state index in [9.17, 15) is 23.2 Å². The number of urea groups is 1. The number of hydrogen-bond acceptors (Lipinski definition) is 3. The molecular formula is C16H17F2N3O3. The molecule has 6 nitrogen and oxygen atoms in total. The van der Waals surface area contributed by atoms with Gasteiger partial charge in [0.1, 0.15) is 12.1 Å². The highest BCUT2D eigenvalue weighted by molar-refractivity contribution is 6.09. The van der Waals surface area contributed by atoms with Gasteiger partial charge in [0.25, 0.3) is 5.91 Å². The lowest BCUT2D eigenvalue weighted by Gasteiger charge is -2.23. The van der Waals surface area contributed by atoms with Gasteiger partial charge in [-0.1, -0.05) is 6.07 Å². The molecular weight excluding hydrogens is 320 g/mol. The normalized spacial score (nSPS) is 23.8. The van der Waals surface area contributed by atoms with Crippen LogP contribution in [0.2, 0.25) is 0 Å². The van der Waals surface area contributed by atoms with Crippen molar-refractivity contribution >= 4 is 17.8 Å². The van der Waals surface area contributed by atoms with Crippen molar-refractivity contribution in [3.63, 3.8) is 0 Å². The third kappa shape index (κ3) is 2.61. The largest absolute Gasteiger partial charge is 0.341 e. The van der Waals surface area contributed by atoms with E-state index < -0.39 is 29.1 Å². The zero-order chi connectivity index (χ0) is 17.5. The third-order valence-corrected chi connectivity index (χ3v) is 4.52. The number of nitrogens with zero attached hydrogens (tertiary/aromatic N) is 2. The molecule has 2 aliphatic heterocycles. The summed E-state index contributed by atoms with van der Waals surface area (Å²) in [4.78, 5) is 39.4. The van der Waals surface area contributed by atoms with Gasteiger partial charge in [0.05, 0.1) is 0 Å². The summed E-state index contributed by atoms with van der Waals surface area (Å²) in [6.45, 7) is 2.27. The van der Waals surface area contributed by atoms with Crippen LogP contribution in [0.5, 0.6) is 0 Å². The van der Waals surface area contributed by atoms with Crippen molar-refractivity contribution in [2.75, 3.05) is 19.6 Å². The molecule has 8 heteroatoms. The highest BCUT2D eigenvalue weighted by Crippen LogP contribution is 2.29. The Kier molecular flexibility index (Phi) is 3.98. The van der Waals surface area contributed by atoms with Gasteiger partial charge in [-0.3, -0.25) is 14.5 Å². The molecule has 1 N–H and O–H groups in total. The Morgan fingerprint density at radius 2 is 1.88 bits per heavy atom. The third-order valence-electron chi connectivity index (χ3n) is 4.52. The van der Waals surface area contributed by atoms with Crippen LogP contribution in [0, 0.1) is 11.6 Å². The summed E-state index contributed by atoms with van der Waals surface area (Å²) in [6, 6.07) is 2.29. The van der Waals surface area contributed by atoms with Crippen LogP contribution in [0.15, 0.2) is 18.2 Å². The van der Waals surface area contributed by atoms with E-state index in [1.54, 1.807) is 4.90 Å². The first kappa shape index (κ1) is 16.4. The maximum absolute atomic E-state index is 13.5. The molecule has 0 unspecified atom stereocenters. The first-order valence-electron chi connectivity index (χ1n) is 7.70. The molecule has 2 saturated heterocycles. The molecule has 128 valence electrons. The van der Waals surface area contributed by atoms with Crippen LogP contribution in [0.4, 0.5) is 13.6 Å². The monoisotopic (exact) mass is 337 g/mol. The minimum absolute atomic E-state index is 0.121. The van der Waals surface area contributed by atoms with Gasteiger partial charge in [0.2, 0.25) is 5.91 Å². The molecule has 0 aliphatic carbocycles. The van der Waals surface area contributed by atoms with E-state index in [1.807, 2.05) is 0 Å². The number of rotatable bonds is 3. The van der Waals surface area contributed by atoms with E-state index in [1.165, 1.54) is 13.0 Å². The van der Waals surface area contributed by atoms with Crippen LogP contribution in [0.3, 0.4) is 0 Å². The van der Waals surface area contributed by atoms with Crippen LogP contribution in [0.1, 0.15) is 25.3 Å². The molecule has 4 amide bonds. The topological polar surface area (TPSA) is 69.7 Å². The first-order chi connectivity index (χ1) is 11.3. The van der Waals surface area contributed by atoms with Gasteiger partial charge in [-0.05, 0) is 37.5 Å². The predicted octanol–water partition coefficient (Wildman–Crippen LogP) is 1.35. The van der Waals surface area contributed by atoms with Crippen molar-refractivity contribution in [3.8, 4) is 0 Å². The Labute approximate surface area is 137 Å². The van der Waals surface area contributed by atoms with E-state index in [0.717, 1.165) is 29.9 Å². The maximum atomic E-state index is 13.5. The van der Waals surface area contributed by atoms with E-state index in [4.69, 9.17) is 0 Å². The maximum Gasteiger partial charge on any atom is 0.325 e. The Hall–Kier alpha value is -2.51. The van der Waals surface area contributed by atoms with Crippen LogP contribution >= 0.6 is 0 Å². The van der Waals surface area contributed by atoms with Crippen molar-refractivity contribution < 1.29 is 23.2 Å². The van der Waals surface area contributed by atoms with Crippen molar-refractivity contribution in [2.24, 2.45) is 0 Å². The standard InChI is InChI=1S/C16H17F2N3O3/c1-16(10-4-5-11(17)12(18)8-10)14(23)21(15(24)19-16)9-13(22)20-6-2-3-7-20/h4-5,8H,2-3,6-7,9H2,1H3,(H,19,24)/t16-/m1/s1. The highest BCUT2D eigenvalue weighted by Gasteiger charge is 2.50. The summed E-state index contributed by atoms with van der Waals surface area (Å²) >= 11 is 0. The fraction of sp³-hybridized carbons (Fsp3) is 0.438. The van der Waals surface area contributed by atoms with Crippen LogP contribution in [-0.2, 0) is 15.1 Å². The molecule has 0 spiro atoms. The second kappa shape index (κ2) is 5.85. The van der Waals surface area contributed by atoms with Gasteiger partial charge in [-0.25, -0.2) is 13.6 Å². The van der Waals surface area contributed by atoms with Crippen molar-refractivity contribution in [3.05, 3.63) is 35.4 Å². The first-order valence-corrected chi connectivity index (χ1v) is 7.70. The van der Waals surface area contributed by atoms with Gasteiger partial charge < -0.3 is 10.2 Å². The number of amides is 4. The smallest absolute Gasteiger partial charge is 0.325 e. The number of likely N-dealkylation sites (tertiary alicyclic amines) is 1. The van der Waals surface area contributed by atoms with Gasteiger partial charge in [0.15, 0.2) is 11.6 Å². The lowest BCUT2D eigenvalue weighted by Crippen LogP contribution is -2.44. The number of halogens is 2. The minimum Gasteiger partial charge on any atom is -0.341 e. The molecule has 0 radical (unpaired) electrons. The van der Waals surface area contributed by atoms with E-state index >= 15 is 0 Å². The molecule has 1 atom stereocenters. The van der Waals surface area contributed by atoms with Gasteiger partial charge in [-0.15, -0.1) is 0 Å². The molecule has 0 aromatic heterocycles. The zero-order valence-corrected chi connectivity index (χ0v) is 13.1. The van der Waals surface area contributed by atoms with E-state index in [0.29, 0.717) is 13.1 Å². The second-order valence-corrected chi connectivity index (χ2v) is 6.16. The van der Waals surface area contributed by atoms with E-state index in [-0.39, 0.29) is 18.0 Å². The Morgan fingerprint density at radius 3 is 2.50 bits per heavy atom. The van der Waals surface area contributed by atoms with Gasteiger partial charge in [-0.2, -0.15) is 0 Å². The molecule has 1 aromatic carbocycles. The lowest BCUT2D eigenvalue weighted by atomic mass is 9.92. The van der Waals surface area contributed by atoms with Crippen LogP contribution in [0.25, 0.3) is 0 Å². The Balaban J connectivity index is 1.82. The van der Waals surface area contributed by atoms with E-state index in [2.05, 4.69) is 5.32 Å². The number of carbonyl (C=O) groups excluding carboxylic acids is 3. The predicted molar refractivity (Wildman–Crippen MR) is 79.8 cm³/mol. The fourth-order valence-corrected chi connectivity index (χ4v) is 3.05. The van der Waals surface area contributed by atoms with Crippen molar-refractivity contribution in [1.82, 2.24) is 15.1 Å². The van der Waals surface area contributed by atoms with Crippen LogP contribution in [-0.4, -0.2) is 47.3 Å². The fourth-order valence-electron chi connectivity index (χ4n) is 3.05. The number of carbonyl (C=O) groups is 3. The van der Waals surface area contributed by atoms with Crippen molar-refractivity contribution in [1.29, 1.82) is 0 Å². The summed E-state index contributed by atoms with van der Waals surface area (Å²) < 4.78 is 26.6. The summed E-state index contributed by atoms with van der Waals surface area (Å²) in [5, 5.41) is 2.47. The number of hydrogen-bond donors (Lipinski definition) is 1. The molecule has 2 heterocycles. The van der Waals surface area contributed by atoms with Gasteiger partial charge in [0, 0.05) is 13.1 Å². The molecule has 2 fully saturated rings. The quantitative estimate of drug-likeness (QED) is 0.847. The summed E-state index contributed by atoms with van der Waals surface area (Å²) in [5.41, 5.74) is -1.41. The summed E-state index contributed by atoms with van der Waals surface area (Å²) in [7, 11) is 0. The molecule has 24 heavy (non-hydrogen) atoms.